The molecular weight excluding hydrogens is 365 g/mol. The predicted molar refractivity (Wildman–Crippen MR) is 84.1 cm³/mol. The summed E-state index contributed by atoms with van der Waals surface area (Å²) in [6.07, 6.45) is 0. The Morgan fingerprint density at radius 2 is 1.75 bits per heavy atom. The lowest BCUT2D eigenvalue weighted by Gasteiger charge is -2.11. The highest BCUT2D eigenvalue weighted by Gasteiger charge is 2.13. The van der Waals surface area contributed by atoms with Gasteiger partial charge in [0.15, 0.2) is 5.58 Å². The number of aromatic amines is 1. The Kier molecular flexibility index (Phi) is 3.63. The number of fused-ring (bicyclic) bond motifs is 1. The zero-order chi connectivity index (χ0) is 14.3. The molecular formula is C14H8BrCl2NO2. The molecule has 0 amide bonds. The number of H-pyrrole nitrogens is 1. The van der Waals surface area contributed by atoms with E-state index in [0.29, 0.717) is 21.1 Å². The van der Waals surface area contributed by atoms with Gasteiger partial charge in [-0.1, -0.05) is 45.2 Å². The van der Waals surface area contributed by atoms with Crippen molar-refractivity contribution in [2.24, 2.45) is 0 Å². The molecule has 0 saturated heterocycles. The first-order chi connectivity index (χ1) is 9.52. The molecule has 0 radical (unpaired) electrons. The van der Waals surface area contributed by atoms with E-state index in [9.17, 15) is 4.79 Å². The van der Waals surface area contributed by atoms with Crippen molar-refractivity contribution >= 4 is 50.2 Å². The summed E-state index contributed by atoms with van der Waals surface area (Å²) in [5.41, 5.74) is 3.06. The second-order valence-electron chi connectivity index (χ2n) is 4.34. The fourth-order valence-electron chi connectivity index (χ4n) is 2.03. The zero-order valence-corrected chi connectivity index (χ0v) is 13.1. The van der Waals surface area contributed by atoms with Crippen molar-refractivity contribution < 1.29 is 4.42 Å². The number of halogens is 3. The smallest absolute Gasteiger partial charge is 0.408 e. The number of hydrogen-bond acceptors (Lipinski definition) is 2. The van der Waals surface area contributed by atoms with Gasteiger partial charge in [0, 0.05) is 10.0 Å². The van der Waals surface area contributed by atoms with E-state index < -0.39 is 5.76 Å². The molecule has 1 unspecified atom stereocenters. The molecule has 1 atom stereocenters. The van der Waals surface area contributed by atoms with Crippen LogP contribution in [0, 0.1) is 0 Å². The van der Waals surface area contributed by atoms with E-state index in [4.69, 9.17) is 27.6 Å². The number of aromatic nitrogens is 1. The van der Waals surface area contributed by atoms with Gasteiger partial charge in [-0.25, -0.2) is 4.79 Å². The standard InChI is InChI=1S/C14H8BrCl2NO2/c15-13(8-3-9(16)6-10(17)4-8)7-1-2-11-12(5-7)20-14(19)18-11/h1-6,13H,(H,18,19). The van der Waals surface area contributed by atoms with Crippen LogP contribution in [0.25, 0.3) is 11.1 Å². The van der Waals surface area contributed by atoms with Crippen molar-refractivity contribution in [3.8, 4) is 0 Å². The van der Waals surface area contributed by atoms with E-state index in [0.717, 1.165) is 11.1 Å². The first-order valence-electron chi connectivity index (χ1n) is 5.76. The Bertz CT molecular complexity index is 820. The Morgan fingerprint density at radius 1 is 1.05 bits per heavy atom. The van der Waals surface area contributed by atoms with Crippen LogP contribution in [0.2, 0.25) is 10.0 Å². The molecule has 3 nitrogen and oxygen atoms in total. The van der Waals surface area contributed by atoms with Gasteiger partial charge in [-0.05, 0) is 41.5 Å². The lowest BCUT2D eigenvalue weighted by atomic mass is 10.0. The minimum absolute atomic E-state index is 0.0942. The van der Waals surface area contributed by atoms with E-state index in [2.05, 4.69) is 20.9 Å². The Labute approximate surface area is 132 Å². The molecule has 0 fully saturated rings. The second-order valence-corrected chi connectivity index (χ2v) is 6.12. The molecule has 0 bridgehead atoms. The molecule has 3 aromatic rings. The lowest BCUT2D eigenvalue weighted by molar-refractivity contribution is 0.555. The number of oxazole rings is 1. The molecule has 0 spiro atoms. The highest BCUT2D eigenvalue weighted by molar-refractivity contribution is 9.09. The Hall–Kier alpha value is -1.23. The van der Waals surface area contributed by atoms with Crippen molar-refractivity contribution in [2.45, 2.75) is 4.83 Å². The molecule has 2 aromatic carbocycles. The first-order valence-corrected chi connectivity index (χ1v) is 7.43. The highest BCUT2D eigenvalue weighted by atomic mass is 79.9. The van der Waals surface area contributed by atoms with Gasteiger partial charge in [-0.3, -0.25) is 4.98 Å². The van der Waals surface area contributed by atoms with Gasteiger partial charge in [-0.15, -0.1) is 0 Å². The number of benzene rings is 2. The van der Waals surface area contributed by atoms with Crippen LogP contribution in [0.15, 0.2) is 45.6 Å². The third-order valence-corrected chi connectivity index (χ3v) is 4.41. The van der Waals surface area contributed by atoms with Crippen molar-refractivity contribution in [1.82, 2.24) is 4.98 Å². The maximum Gasteiger partial charge on any atom is 0.417 e. The normalized spacial score (nSPS) is 12.8. The van der Waals surface area contributed by atoms with Crippen LogP contribution in [0.5, 0.6) is 0 Å². The van der Waals surface area contributed by atoms with Crippen molar-refractivity contribution in [1.29, 1.82) is 0 Å². The molecule has 102 valence electrons. The topological polar surface area (TPSA) is 46.0 Å². The summed E-state index contributed by atoms with van der Waals surface area (Å²) in [5, 5.41) is 1.15. The molecule has 20 heavy (non-hydrogen) atoms. The highest BCUT2D eigenvalue weighted by Crippen LogP contribution is 2.34. The summed E-state index contributed by atoms with van der Waals surface area (Å²) >= 11 is 15.6. The molecule has 0 saturated carbocycles. The van der Waals surface area contributed by atoms with Gasteiger partial charge < -0.3 is 4.42 Å². The van der Waals surface area contributed by atoms with Crippen LogP contribution < -0.4 is 5.76 Å². The second kappa shape index (κ2) is 5.28. The van der Waals surface area contributed by atoms with Crippen LogP contribution >= 0.6 is 39.1 Å². The summed E-state index contributed by atoms with van der Waals surface area (Å²) in [6.45, 7) is 0. The first kappa shape index (κ1) is 13.7. The number of alkyl halides is 1. The molecule has 3 rings (SSSR count). The lowest BCUT2D eigenvalue weighted by Crippen LogP contribution is -1.93. The van der Waals surface area contributed by atoms with Crippen molar-refractivity contribution in [3.05, 3.63) is 68.1 Å². The van der Waals surface area contributed by atoms with Gasteiger partial charge in [0.25, 0.3) is 0 Å². The molecule has 0 aliphatic carbocycles. The summed E-state index contributed by atoms with van der Waals surface area (Å²) in [6, 6.07) is 10.9. The van der Waals surface area contributed by atoms with Gasteiger partial charge in [-0.2, -0.15) is 0 Å². The maximum atomic E-state index is 11.2. The third kappa shape index (κ3) is 2.64. The zero-order valence-electron chi connectivity index (χ0n) is 9.99. The van der Waals surface area contributed by atoms with Gasteiger partial charge in [0.05, 0.1) is 10.3 Å². The van der Waals surface area contributed by atoms with E-state index in [1.807, 2.05) is 24.3 Å². The fraction of sp³-hybridized carbons (Fsp3) is 0.0714. The SMILES string of the molecule is O=c1[nH]c2ccc(C(Br)c3cc(Cl)cc(Cl)c3)cc2o1. The number of hydrogen-bond donors (Lipinski definition) is 1. The van der Waals surface area contributed by atoms with Crippen molar-refractivity contribution in [3.63, 3.8) is 0 Å². The summed E-state index contributed by atoms with van der Waals surface area (Å²) in [4.78, 5) is 13.7. The quantitative estimate of drug-likeness (QED) is 0.649. The Balaban J connectivity index is 2.06. The van der Waals surface area contributed by atoms with Crippen LogP contribution in [0.1, 0.15) is 16.0 Å². The summed E-state index contributed by atoms with van der Waals surface area (Å²) in [7, 11) is 0. The van der Waals surface area contributed by atoms with Gasteiger partial charge in [0.1, 0.15) is 0 Å². The monoisotopic (exact) mass is 371 g/mol. The van der Waals surface area contributed by atoms with Crippen LogP contribution in [0.3, 0.4) is 0 Å². The minimum atomic E-state index is -0.464. The summed E-state index contributed by atoms with van der Waals surface area (Å²) < 4.78 is 5.06. The van der Waals surface area contributed by atoms with Gasteiger partial charge >= 0.3 is 5.76 Å². The van der Waals surface area contributed by atoms with E-state index in [1.165, 1.54) is 0 Å². The minimum Gasteiger partial charge on any atom is -0.408 e. The van der Waals surface area contributed by atoms with Gasteiger partial charge in [0.2, 0.25) is 0 Å². The third-order valence-electron chi connectivity index (χ3n) is 2.92. The molecule has 0 aliphatic heterocycles. The average Bonchev–Trinajstić information content (AvgIpc) is 2.75. The Morgan fingerprint density at radius 3 is 2.45 bits per heavy atom. The average molecular weight is 373 g/mol. The fourth-order valence-corrected chi connectivity index (χ4v) is 3.13. The molecule has 6 heteroatoms. The molecule has 0 aliphatic rings. The predicted octanol–water partition coefficient (Wildman–Crippen LogP) is 4.91. The number of nitrogens with one attached hydrogen (secondary N) is 1. The molecule has 1 N–H and O–H groups in total. The largest absolute Gasteiger partial charge is 0.417 e. The summed E-state index contributed by atoms with van der Waals surface area (Å²) in [5.74, 6) is -0.464. The van der Waals surface area contributed by atoms with E-state index >= 15 is 0 Å². The maximum absolute atomic E-state index is 11.2. The van der Waals surface area contributed by atoms with Crippen LogP contribution in [0.4, 0.5) is 0 Å². The molecule has 1 heterocycles. The number of rotatable bonds is 2. The van der Waals surface area contributed by atoms with E-state index in [1.54, 1.807) is 12.1 Å². The van der Waals surface area contributed by atoms with Crippen LogP contribution in [-0.4, -0.2) is 4.98 Å². The van der Waals surface area contributed by atoms with Crippen LogP contribution in [-0.2, 0) is 0 Å². The molecule has 1 aromatic heterocycles. The van der Waals surface area contributed by atoms with E-state index in [-0.39, 0.29) is 4.83 Å². The van der Waals surface area contributed by atoms with Crippen molar-refractivity contribution in [2.75, 3.05) is 0 Å².